The van der Waals surface area contributed by atoms with Gasteiger partial charge in [0.05, 0.1) is 6.54 Å². The number of fused-ring (bicyclic) bond motifs is 1. The number of nitrogens with one attached hydrogen (secondary N) is 1. The van der Waals surface area contributed by atoms with Crippen LogP contribution in [0.5, 0.6) is 0 Å². The van der Waals surface area contributed by atoms with Gasteiger partial charge in [0, 0.05) is 25.2 Å². The van der Waals surface area contributed by atoms with Crippen molar-refractivity contribution in [1.82, 2.24) is 10.2 Å². The second-order valence-corrected chi connectivity index (χ2v) is 7.61. The molecule has 4 heteroatoms. The van der Waals surface area contributed by atoms with Gasteiger partial charge in [-0.1, -0.05) is 42.5 Å². The Morgan fingerprint density at radius 3 is 2.64 bits per heavy atom. The normalized spacial score (nSPS) is 22.9. The zero-order chi connectivity index (χ0) is 17.2. The maximum Gasteiger partial charge on any atom is 0.317 e. The summed E-state index contributed by atoms with van der Waals surface area (Å²) in [4.78, 5) is 13.3. The molecule has 0 radical (unpaired) electrons. The fourth-order valence-electron chi connectivity index (χ4n) is 3.90. The third kappa shape index (κ3) is 4.02. The van der Waals surface area contributed by atoms with Crippen LogP contribution in [-0.2, 0) is 11.3 Å². The molecule has 132 valence electrons. The summed E-state index contributed by atoms with van der Waals surface area (Å²) in [5.74, 6) is 0.0369. The molecule has 0 atom stereocenters. The Morgan fingerprint density at radius 2 is 1.88 bits per heavy atom. The van der Waals surface area contributed by atoms with Crippen molar-refractivity contribution >= 4 is 16.7 Å². The van der Waals surface area contributed by atoms with Crippen molar-refractivity contribution in [2.45, 2.75) is 44.3 Å². The second kappa shape index (κ2) is 7.14. The molecule has 2 aliphatic rings. The predicted octanol–water partition coefficient (Wildman–Crippen LogP) is 3.26. The van der Waals surface area contributed by atoms with E-state index in [1.54, 1.807) is 0 Å². The maximum atomic E-state index is 11.1. The van der Waals surface area contributed by atoms with Crippen molar-refractivity contribution in [3.63, 3.8) is 0 Å². The Balaban J connectivity index is 1.31. The molecule has 0 aromatic heterocycles. The Morgan fingerprint density at radius 1 is 1.12 bits per heavy atom. The van der Waals surface area contributed by atoms with E-state index in [0.717, 1.165) is 31.8 Å². The first-order chi connectivity index (χ1) is 12.2. The smallest absolute Gasteiger partial charge is 0.317 e. The van der Waals surface area contributed by atoms with Crippen molar-refractivity contribution in [2.75, 3.05) is 13.1 Å². The third-order valence-electron chi connectivity index (χ3n) is 5.62. The van der Waals surface area contributed by atoms with E-state index in [9.17, 15) is 4.79 Å². The van der Waals surface area contributed by atoms with Crippen molar-refractivity contribution in [3.05, 3.63) is 48.0 Å². The molecule has 4 nitrogen and oxygen atoms in total. The van der Waals surface area contributed by atoms with E-state index in [4.69, 9.17) is 5.11 Å². The minimum Gasteiger partial charge on any atom is -0.480 e. The summed E-state index contributed by atoms with van der Waals surface area (Å²) in [6.07, 6.45) is 4.66. The van der Waals surface area contributed by atoms with E-state index < -0.39 is 5.97 Å². The van der Waals surface area contributed by atoms with Crippen LogP contribution in [0.1, 0.15) is 31.2 Å². The molecular weight excluding hydrogens is 312 g/mol. The number of carboxylic acids is 1. The van der Waals surface area contributed by atoms with E-state index >= 15 is 0 Å². The topological polar surface area (TPSA) is 52.6 Å². The summed E-state index contributed by atoms with van der Waals surface area (Å²) in [5, 5.41) is 15.4. The molecule has 0 spiro atoms. The summed E-state index contributed by atoms with van der Waals surface area (Å²) in [5.41, 5.74) is 1.34. The highest BCUT2D eigenvalue weighted by molar-refractivity contribution is 5.85. The summed E-state index contributed by atoms with van der Waals surface area (Å²) in [7, 11) is 0. The van der Waals surface area contributed by atoms with E-state index in [0.29, 0.717) is 12.1 Å². The van der Waals surface area contributed by atoms with Gasteiger partial charge in [0.15, 0.2) is 0 Å². The first-order valence-electron chi connectivity index (χ1n) is 9.35. The molecule has 0 saturated heterocycles. The molecule has 0 aliphatic heterocycles. The van der Waals surface area contributed by atoms with E-state index in [2.05, 4.69) is 52.7 Å². The lowest BCUT2D eigenvalue weighted by Gasteiger charge is -2.43. The largest absolute Gasteiger partial charge is 0.480 e. The van der Waals surface area contributed by atoms with Crippen LogP contribution in [0.15, 0.2) is 42.5 Å². The number of aliphatic carboxylic acids is 1. The summed E-state index contributed by atoms with van der Waals surface area (Å²) >= 11 is 0. The van der Waals surface area contributed by atoms with Crippen LogP contribution in [0.3, 0.4) is 0 Å². The SMILES string of the molecule is O=C(O)CN(CC1CC1)C1CC(NCc2cccc3ccccc23)C1. The fourth-order valence-corrected chi connectivity index (χ4v) is 3.90. The van der Waals surface area contributed by atoms with Crippen LogP contribution in [0, 0.1) is 5.92 Å². The number of carbonyl (C=O) groups is 1. The van der Waals surface area contributed by atoms with Crippen LogP contribution < -0.4 is 5.32 Å². The quantitative estimate of drug-likeness (QED) is 0.776. The number of nitrogens with zero attached hydrogens (tertiary/aromatic N) is 1. The van der Waals surface area contributed by atoms with Crippen molar-refractivity contribution < 1.29 is 9.90 Å². The molecule has 2 aromatic carbocycles. The molecule has 4 rings (SSSR count). The molecule has 0 bridgehead atoms. The number of hydrogen-bond donors (Lipinski definition) is 2. The summed E-state index contributed by atoms with van der Waals surface area (Å²) in [6.45, 7) is 2.03. The molecule has 0 heterocycles. The van der Waals surface area contributed by atoms with Crippen LogP contribution in [-0.4, -0.2) is 41.1 Å². The highest BCUT2D eigenvalue weighted by Crippen LogP contribution is 2.34. The average molecular weight is 338 g/mol. The highest BCUT2D eigenvalue weighted by Gasteiger charge is 2.36. The fraction of sp³-hybridized carbons (Fsp3) is 0.476. The number of benzene rings is 2. The van der Waals surface area contributed by atoms with Crippen LogP contribution >= 0.6 is 0 Å². The number of carboxylic acid groups (broad SMARTS) is 1. The number of rotatable bonds is 8. The lowest BCUT2D eigenvalue weighted by atomic mass is 9.85. The van der Waals surface area contributed by atoms with Crippen molar-refractivity contribution in [2.24, 2.45) is 5.92 Å². The molecule has 2 fully saturated rings. The van der Waals surface area contributed by atoms with Gasteiger partial charge < -0.3 is 10.4 Å². The van der Waals surface area contributed by atoms with E-state index in [1.165, 1.54) is 29.2 Å². The van der Waals surface area contributed by atoms with Gasteiger partial charge in [-0.3, -0.25) is 9.69 Å². The van der Waals surface area contributed by atoms with Gasteiger partial charge in [-0.15, -0.1) is 0 Å². The van der Waals surface area contributed by atoms with Crippen LogP contribution in [0.2, 0.25) is 0 Å². The molecule has 2 aromatic rings. The summed E-state index contributed by atoms with van der Waals surface area (Å²) in [6, 6.07) is 15.9. The molecule has 2 N–H and O–H groups in total. The van der Waals surface area contributed by atoms with Crippen molar-refractivity contribution in [1.29, 1.82) is 0 Å². The standard InChI is InChI=1S/C21H26N2O2/c24-21(25)14-23(13-15-8-9-15)19-10-18(11-19)22-12-17-6-3-5-16-4-1-2-7-20(16)17/h1-7,15,18-19,22H,8-14H2,(H,24,25). The predicted molar refractivity (Wildman–Crippen MR) is 99.5 cm³/mol. The van der Waals surface area contributed by atoms with Gasteiger partial charge in [-0.25, -0.2) is 0 Å². The minimum atomic E-state index is -0.701. The molecule has 2 aliphatic carbocycles. The molecule has 25 heavy (non-hydrogen) atoms. The van der Waals surface area contributed by atoms with Crippen LogP contribution in [0.25, 0.3) is 10.8 Å². The van der Waals surface area contributed by atoms with E-state index in [-0.39, 0.29) is 6.54 Å². The molecular formula is C21H26N2O2. The molecule has 0 amide bonds. The zero-order valence-corrected chi connectivity index (χ0v) is 14.5. The Kier molecular flexibility index (Phi) is 4.73. The average Bonchev–Trinajstić information content (AvgIpc) is 3.37. The lowest BCUT2D eigenvalue weighted by Crippen LogP contribution is -2.54. The number of hydrogen-bond acceptors (Lipinski definition) is 3. The minimum absolute atomic E-state index is 0.192. The third-order valence-corrected chi connectivity index (χ3v) is 5.62. The lowest BCUT2D eigenvalue weighted by molar-refractivity contribution is -0.139. The van der Waals surface area contributed by atoms with Gasteiger partial charge in [0.2, 0.25) is 0 Å². The van der Waals surface area contributed by atoms with E-state index in [1.807, 2.05) is 0 Å². The van der Waals surface area contributed by atoms with Gasteiger partial charge in [-0.05, 0) is 47.9 Å². The van der Waals surface area contributed by atoms with Crippen LogP contribution in [0.4, 0.5) is 0 Å². The zero-order valence-electron chi connectivity index (χ0n) is 14.5. The van der Waals surface area contributed by atoms with Crippen molar-refractivity contribution in [3.8, 4) is 0 Å². The molecule has 0 unspecified atom stereocenters. The van der Waals surface area contributed by atoms with Gasteiger partial charge >= 0.3 is 5.97 Å². The summed E-state index contributed by atoms with van der Waals surface area (Å²) < 4.78 is 0. The second-order valence-electron chi connectivity index (χ2n) is 7.61. The van der Waals surface area contributed by atoms with Gasteiger partial charge in [0.1, 0.15) is 0 Å². The monoisotopic (exact) mass is 338 g/mol. The Hall–Kier alpha value is -1.91. The Labute approximate surface area is 148 Å². The molecule has 2 saturated carbocycles. The first kappa shape index (κ1) is 16.6. The maximum absolute atomic E-state index is 11.1. The Bertz CT molecular complexity index is 745. The highest BCUT2D eigenvalue weighted by atomic mass is 16.4. The van der Waals surface area contributed by atoms with Gasteiger partial charge in [0.25, 0.3) is 0 Å². The first-order valence-corrected chi connectivity index (χ1v) is 9.35. The van der Waals surface area contributed by atoms with Gasteiger partial charge in [-0.2, -0.15) is 0 Å².